The summed E-state index contributed by atoms with van der Waals surface area (Å²) in [6.45, 7) is 11.8. The fourth-order valence-electron chi connectivity index (χ4n) is 10.3. The molecule has 1 spiro atoms. The molecule has 1 aromatic heterocycles. The number of rotatable bonds is 2. The molecule has 1 N–H and O–H groups in total. The average Bonchev–Trinajstić information content (AvgIpc) is 3.52. The van der Waals surface area contributed by atoms with E-state index in [4.69, 9.17) is 4.74 Å². The lowest BCUT2D eigenvalue weighted by molar-refractivity contribution is -0.0657. The summed E-state index contributed by atoms with van der Waals surface area (Å²) in [6.07, 6.45) is 13.9. The predicted molar refractivity (Wildman–Crippen MR) is 143 cm³/mol. The predicted octanol–water partition coefficient (Wildman–Crippen LogP) is 5.04. The standard InChI is InChI=1S/C31H46N4O2/c1-18-12-28-29(35(15-18)17-22-16-34(5)33-32-22)20(3)31(37-28)11-9-24-25-7-6-21-13-23(36)8-10-30(21,4)27(25)14-26(24)19(31)2/h6,16,18,20,23-25,27-29,36H,7-15,17H2,1-5H3/t18-,20+,23-,24-,25-,27-,28+,29-,30-,31-/m0/s1. The second-order valence-corrected chi connectivity index (χ2v) is 14.0. The molecule has 6 heteroatoms. The third-order valence-electron chi connectivity index (χ3n) is 12.1. The van der Waals surface area contributed by atoms with Gasteiger partial charge in [-0.05, 0) is 93.0 Å². The van der Waals surface area contributed by atoms with E-state index in [0.717, 1.165) is 55.8 Å². The van der Waals surface area contributed by atoms with Crippen LogP contribution in [0.2, 0.25) is 0 Å². The molecule has 2 aliphatic heterocycles. The Kier molecular flexibility index (Phi) is 5.63. The van der Waals surface area contributed by atoms with Crippen LogP contribution in [-0.4, -0.2) is 55.4 Å². The van der Waals surface area contributed by atoms with Crippen molar-refractivity contribution in [1.82, 2.24) is 19.9 Å². The number of aliphatic hydroxyl groups excluding tert-OH is 1. The quantitative estimate of drug-likeness (QED) is 0.569. The molecule has 3 heterocycles. The molecule has 0 radical (unpaired) electrons. The smallest absolute Gasteiger partial charge is 0.0967 e. The molecule has 0 bridgehead atoms. The number of aliphatic hydroxyl groups is 1. The minimum Gasteiger partial charge on any atom is -0.393 e. The van der Waals surface area contributed by atoms with Gasteiger partial charge in [-0.15, -0.1) is 5.10 Å². The first kappa shape index (κ1) is 24.5. The molecule has 7 rings (SSSR count). The number of nitrogens with zero attached hydrogens (tertiary/aromatic N) is 4. The van der Waals surface area contributed by atoms with Gasteiger partial charge in [-0.1, -0.05) is 43.2 Å². The van der Waals surface area contributed by atoms with E-state index in [2.05, 4.69) is 55.2 Å². The first-order chi connectivity index (χ1) is 17.7. The lowest BCUT2D eigenvalue weighted by atomic mass is 9.56. The topological polar surface area (TPSA) is 63.4 Å². The number of hydrogen-bond acceptors (Lipinski definition) is 5. The number of likely N-dealkylation sites (tertiary alicyclic amines) is 1. The van der Waals surface area contributed by atoms with Gasteiger partial charge in [0.05, 0.1) is 23.5 Å². The van der Waals surface area contributed by atoms with Crippen molar-refractivity contribution >= 4 is 0 Å². The Morgan fingerprint density at radius 2 is 2.03 bits per heavy atom. The molecular formula is C31H46N4O2. The highest BCUT2D eigenvalue weighted by atomic mass is 16.5. The third kappa shape index (κ3) is 3.54. The number of aryl methyl sites for hydroxylation is 1. The number of aromatic nitrogens is 3. The van der Waals surface area contributed by atoms with E-state index < -0.39 is 0 Å². The zero-order valence-electron chi connectivity index (χ0n) is 23.5. The molecule has 0 unspecified atom stereocenters. The maximum absolute atomic E-state index is 10.4. The molecule has 4 fully saturated rings. The number of ether oxygens (including phenoxy) is 1. The fraction of sp³-hybridized carbons (Fsp3) is 0.806. The molecule has 37 heavy (non-hydrogen) atoms. The van der Waals surface area contributed by atoms with E-state index in [-0.39, 0.29) is 17.1 Å². The Balaban J connectivity index is 1.20. The maximum atomic E-state index is 10.4. The van der Waals surface area contributed by atoms with Crippen LogP contribution in [0.1, 0.15) is 84.8 Å². The summed E-state index contributed by atoms with van der Waals surface area (Å²) in [4.78, 5) is 2.67. The van der Waals surface area contributed by atoms with Gasteiger partial charge in [0.1, 0.15) is 0 Å². The highest BCUT2D eigenvalue weighted by Crippen LogP contribution is 2.65. The van der Waals surface area contributed by atoms with E-state index in [1.54, 1.807) is 16.7 Å². The Morgan fingerprint density at radius 3 is 2.81 bits per heavy atom. The van der Waals surface area contributed by atoms with E-state index in [9.17, 15) is 5.11 Å². The first-order valence-corrected chi connectivity index (χ1v) is 15.0. The van der Waals surface area contributed by atoms with Crippen LogP contribution in [0.5, 0.6) is 0 Å². The molecule has 1 aromatic rings. The van der Waals surface area contributed by atoms with Gasteiger partial charge < -0.3 is 9.84 Å². The average molecular weight is 507 g/mol. The first-order valence-electron chi connectivity index (χ1n) is 15.0. The summed E-state index contributed by atoms with van der Waals surface area (Å²) in [5, 5.41) is 19.0. The SMILES string of the molecule is CC1=C2C[C@H]3[C@@H](CC=C4C[C@@H](O)CC[C@@]43C)[C@@H]2CC[C@]12O[C@@H]1C[C@H](C)CN(Cc3cn(C)nn3)[C@H]1[C@H]2C. The van der Waals surface area contributed by atoms with Crippen LogP contribution in [0.15, 0.2) is 29.0 Å². The molecule has 0 amide bonds. The van der Waals surface area contributed by atoms with Crippen LogP contribution in [0.4, 0.5) is 0 Å². The molecule has 6 nitrogen and oxygen atoms in total. The molecule has 2 saturated carbocycles. The van der Waals surface area contributed by atoms with Crippen molar-refractivity contribution in [3.8, 4) is 0 Å². The molecule has 0 aromatic carbocycles. The fourth-order valence-corrected chi connectivity index (χ4v) is 10.3. The molecule has 2 saturated heterocycles. The van der Waals surface area contributed by atoms with Crippen molar-refractivity contribution in [2.75, 3.05) is 6.54 Å². The third-order valence-corrected chi connectivity index (χ3v) is 12.1. The van der Waals surface area contributed by atoms with Gasteiger partial charge >= 0.3 is 0 Å². The lowest BCUT2D eigenvalue weighted by Crippen LogP contribution is -2.51. The van der Waals surface area contributed by atoms with Crippen molar-refractivity contribution in [3.63, 3.8) is 0 Å². The summed E-state index contributed by atoms with van der Waals surface area (Å²) in [7, 11) is 1.95. The van der Waals surface area contributed by atoms with Crippen molar-refractivity contribution in [1.29, 1.82) is 0 Å². The number of allylic oxidation sites excluding steroid dienone is 2. The van der Waals surface area contributed by atoms with Crippen LogP contribution in [0.3, 0.4) is 0 Å². The minimum absolute atomic E-state index is 0.112. The zero-order valence-corrected chi connectivity index (χ0v) is 23.5. The summed E-state index contributed by atoms with van der Waals surface area (Å²) in [6, 6.07) is 0.444. The van der Waals surface area contributed by atoms with E-state index >= 15 is 0 Å². The van der Waals surface area contributed by atoms with Gasteiger partial charge in [0.15, 0.2) is 0 Å². The molecule has 6 aliphatic rings. The van der Waals surface area contributed by atoms with Crippen molar-refractivity contribution in [3.05, 3.63) is 34.7 Å². The largest absolute Gasteiger partial charge is 0.393 e. The maximum Gasteiger partial charge on any atom is 0.0967 e. The Morgan fingerprint density at radius 1 is 1.19 bits per heavy atom. The normalized spacial score (nSPS) is 47.5. The van der Waals surface area contributed by atoms with Gasteiger partial charge in [-0.3, -0.25) is 9.58 Å². The lowest BCUT2D eigenvalue weighted by Gasteiger charge is -2.49. The molecule has 4 aliphatic carbocycles. The number of piperidine rings is 1. The minimum atomic E-state index is -0.132. The summed E-state index contributed by atoms with van der Waals surface area (Å²) in [5.74, 6) is 3.35. The number of fused-ring (bicyclic) bond motifs is 6. The zero-order chi connectivity index (χ0) is 25.7. The highest BCUT2D eigenvalue weighted by molar-refractivity contribution is 5.38. The second kappa shape index (κ2) is 8.50. The summed E-state index contributed by atoms with van der Waals surface area (Å²) < 4.78 is 9.10. The Bertz CT molecular complexity index is 1140. The van der Waals surface area contributed by atoms with Crippen molar-refractivity contribution < 1.29 is 9.84 Å². The van der Waals surface area contributed by atoms with E-state index in [0.29, 0.717) is 24.0 Å². The monoisotopic (exact) mass is 506 g/mol. The summed E-state index contributed by atoms with van der Waals surface area (Å²) >= 11 is 0. The van der Waals surface area contributed by atoms with Crippen LogP contribution in [-0.2, 0) is 18.3 Å². The Labute approximate surface area is 222 Å². The second-order valence-electron chi connectivity index (χ2n) is 14.0. The number of hydrogen-bond donors (Lipinski definition) is 1. The molecular weight excluding hydrogens is 460 g/mol. The van der Waals surface area contributed by atoms with Gasteiger partial charge in [0, 0.05) is 38.3 Å². The van der Waals surface area contributed by atoms with Crippen molar-refractivity contribution in [2.45, 2.75) is 109 Å². The molecule has 202 valence electrons. The summed E-state index contributed by atoms with van der Waals surface area (Å²) in [5.41, 5.74) is 6.13. The van der Waals surface area contributed by atoms with Gasteiger partial charge in [0.25, 0.3) is 0 Å². The van der Waals surface area contributed by atoms with Crippen LogP contribution in [0.25, 0.3) is 0 Å². The van der Waals surface area contributed by atoms with E-state index in [1.165, 1.54) is 32.1 Å². The van der Waals surface area contributed by atoms with Crippen LogP contribution >= 0.6 is 0 Å². The van der Waals surface area contributed by atoms with Crippen LogP contribution < -0.4 is 0 Å². The van der Waals surface area contributed by atoms with Gasteiger partial charge in [-0.2, -0.15) is 0 Å². The van der Waals surface area contributed by atoms with Gasteiger partial charge in [-0.25, -0.2) is 0 Å². The Hall–Kier alpha value is -1.50. The molecule has 10 atom stereocenters. The van der Waals surface area contributed by atoms with Crippen LogP contribution in [0, 0.1) is 35.0 Å². The van der Waals surface area contributed by atoms with E-state index in [1.807, 2.05) is 11.7 Å². The van der Waals surface area contributed by atoms with Gasteiger partial charge in [0.2, 0.25) is 0 Å². The highest BCUT2D eigenvalue weighted by Gasteiger charge is 2.61. The van der Waals surface area contributed by atoms with Crippen molar-refractivity contribution in [2.24, 2.45) is 42.1 Å².